The Morgan fingerprint density at radius 1 is 1.20 bits per heavy atom. The second kappa shape index (κ2) is 7.78. The summed E-state index contributed by atoms with van der Waals surface area (Å²) in [6, 6.07) is 6.92. The van der Waals surface area contributed by atoms with Crippen LogP contribution in [-0.4, -0.2) is 22.6 Å². The quantitative estimate of drug-likeness (QED) is 0.568. The number of allylic oxidation sites excluding steroid dienone is 1. The van der Waals surface area contributed by atoms with Gasteiger partial charge in [0.15, 0.2) is 0 Å². The van der Waals surface area contributed by atoms with E-state index in [1.165, 1.54) is 67.2 Å². The van der Waals surface area contributed by atoms with Gasteiger partial charge in [-0.25, -0.2) is 0 Å². The van der Waals surface area contributed by atoms with E-state index in [-0.39, 0.29) is 0 Å². The predicted molar refractivity (Wildman–Crippen MR) is 109 cm³/mol. The van der Waals surface area contributed by atoms with Crippen molar-refractivity contribution in [3.8, 4) is 0 Å². The second-order valence-electron chi connectivity index (χ2n) is 7.99. The van der Waals surface area contributed by atoms with Gasteiger partial charge >= 0.3 is 0 Å². The summed E-state index contributed by atoms with van der Waals surface area (Å²) in [6.45, 7) is 15.4. The second-order valence-corrected chi connectivity index (χ2v) is 7.99. The summed E-state index contributed by atoms with van der Waals surface area (Å²) < 4.78 is 2.45. The topological polar surface area (TPSA) is 8.17 Å². The Hall–Kier alpha value is -1.54. The number of aryl methyl sites for hydroxylation is 2. The molecule has 1 saturated heterocycles. The van der Waals surface area contributed by atoms with Crippen molar-refractivity contribution in [2.75, 3.05) is 13.1 Å². The van der Waals surface area contributed by atoms with Crippen LogP contribution >= 0.6 is 0 Å². The molecule has 0 bridgehead atoms. The van der Waals surface area contributed by atoms with Crippen molar-refractivity contribution in [1.29, 1.82) is 0 Å². The van der Waals surface area contributed by atoms with E-state index >= 15 is 0 Å². The summed E-state index contributed by atoms with van der Waals surface area (Å²) in [4.78, 5) is 2.65. The molecule has 1 aliphatic rings. The molecule has 2 nitrogen and oxygen atoms in total. The molecule has 0 spiro atoms. The van der Waals surface area contributed by atoms with Gasteiger partial charge in [-0.15, -0.1) is 6.58 Å². The maximum Gasteiger partial charge on any atom is 0.0486 e. The highest BCUT2D eigenvalue weighted by molar-refractivity contribution is 5.84. The van der Waals surface area contributed by atoms with Gasteiger partial charge < -0.3 is 4.57 Å². The first-order valence-electron chi connectivity index (χ1n) is 10.0. The first kappa shape index (κ1) is 18.3. The maximum absolute atomic E-state index is 3.98. The van der Waals surface area contributed by atoms with Crippen molar-refractivity contribution in [1.82, 2.24) is 9.47 Å². The molecule has 25 heavy (non-hydrogen) atoms. The van der Waals surface area contributed by atoms with E-state index in [9.17, 15) is 0 Å². The molecule has 0 aliphatic carbocycles. The smallest absolute Gasteiger partial charge is 0.0486 e. The summed E-state index contributed by atoms with van der Waals surface area (Å²) in [6.07, 6.45) is 10.8. The number of piperidine rings is 1. The standard InChI is InChI=1S/C23H34N2/c1-5-10-23(7-3)11-14-24(15-12-23)17-20-18-25(13-6-2)22-16-19(4)8-9-21(20)22/h5,8-9,16,18H,1,6-7,10-15,17H2,2-4H3. The van der Waals surface area contributed by atoms with Crippen LogP contribution in [0.2, 0.25) is 0 Å². The van der Waals surface area contributed by atoms with Gasteiger partial charge in [-0.1, -0.05) is 38.5 Å². The van der Waals surface area contributed by atoms with Crippen LogP contribution in [0.1, 0.15) is 57.1 Å². The zero-order chi connectivity index (χ0) is 17.9. The van der Waals surface area contributed by atoms with Gasteiger partial charge in [0.25, 0.3) is 0 Å². The van der Waals surface area contributed by atoms with E-state index in [1.807, 2.05) is 0 Å². The lowest BCUT2D eigenvalue weighted by molar-refractivity contribution is 0.0969. The molecule has 1 aliphatic heterocycles. The number of hydrogen-bond acceptors (Lipinski definition) is 1. The van der Waals surface area contributed by atoms with Crippen LogP contribution < -0.4 is 0 Å². The monoisotopic (exact) mass is 338 g/mol. The van der Waals surface area contributed by atoms with Crippen LogP contribution in [0, 0.1) is 12.3 Å². The molecule has 2 aromatic rings. The number of benzene rings is 1. The Bertz CT molecular complexity index is 717. The normalized spacial score (nSPS) is 17.9. The average Bonchev–Trinajstić information content (AvgIpc) is 2.94. The Balaban J connectivity index is 1.77. The molecule has 0 saturated carbocycles. The minimum Gasteiger partial charge on any atom is -0.347 e. The van der Waals surface area contributed by atoms with Crippen molar-refractivity contribution in [3.63, 3.8) is 0 Å². The minimum absolute atomic E-state index is 0.506. The molecule has 1 aromatic heterocycles. The Morgan fingerprint density at radius 3 is 2.60 bits per heavy atom. The highest BCUT2D eigenvalue weighted by atomic mass is 15.1. The van der Waals surface area contributed by atoms with E-state index in [2.05, 4.69) is 67.3 Å². The fraction of sp³-hybridized carbons (Fsp3) is 0.565. The molecule has 0 N–H and O–H groups in total. The molecule has 136 valence electrons. The zero-order valence-corrected chi connectivity index (χ0v) is 16.4. The lowest BCUT2D eigenvalue weighted by Crippen LogP contribution is -2.39. The van der Waals surface area contributed by atoms with E-state index < -0.39 is 0 Å². The summed E-state index contributed by atoms with van der Waals surface area (Å²) in [5, 5.41) is 1.44. The summed E-state index contributed by atoms with van der Waals surface area (Å²) in [5.74, 6) is 0. The van der Waals surface area contributed by atoms with E-state index in [1.54, 1.807) is 0 Å². The third-order valence-electron chi connectivity index (χ3n) is 6.22. The lowest BCUT2D eigenvalue weighted by atomic mass is 9.73. The molecule has 2 heteroatoms. The van der Waals surface area contributed by atoms with Crippen molar-refractivity contribution >= 4 is 10.9 Å². The SMILES string of the molecule is C=CCC1(CC)CCN(Cc2cn(CCC)c3cc(C)ccc23)CC1. The van der Waals surface area contributed by atoms with Crippen LogP contribution in [0.25, 0.3) is 10.9 Å². The highest BCUT2D eigenvalue weighted by Crippen LogP contribution is 2.39. The van der Waals surface area contributed by atoms with Crippen LogP contribution in [0.15, 0.2) is 37.1 Å². The number of hydrogen-bond donors (Lipinski definition) is 0. The first-order chi connectivity index (χ1) is 12.1. The molecule has 1 aromatic carbocycles. The molecule has 3 rings (SSSR count). The van der Waals surface area contributed by atoms with E-state index in [0.717, 1.165) is 13.1 Å². The first-order valence-corrected chi connectivity index (χ1v) is 10.0. The van der Waals surface area contributed by atoms with Crippen LogP contribution in [0.3, 0.4) is 0 Å². The van der Waals surface area contributed by atoms with Gasteiger partial charge in [0.2, 0.25) is 0 Å². The lowest BCUT2D eigenvalue weighted by Gasteiger charge is -2.41. The molecule has 0 atom stereocenters. The van der Waals surface area contributed by atoms with Gasteiger partial charge in [0, 0.05) is 30.2 Å². The van der Waals surface area contributed by atoms with Crippen molar-refractivity contribution in [3.05, 3.63) is 48.2 Å². The predicted octanol–water partition coefficient (Wildman–Crippen LogP) is 5.93. The largest absolute Gasteiger partial charge is 0.347 e. The Labute approximate surface area is 153 Å². The average molecular weight is 339 g/mol. The van der Waals surface area contributed by atoms with Crippen LogP contribution in [-0.2, 0) is 13.1 Å². The van der Waals surface area contributed by atoms with Crippen LogP contribution in [0.5, 0.6) is 0 Å². The molecule has 0 amide bonds. The molecular formula is C23H34N2. The Morgan fingerprint density at radius 2 is 1.96 bits per heavy atom. The minimum atomic E-state index is 0.506. The third kappa shape index (κ3) is 3.84. The highest BCUT2D eigenvalue weighted by Gasteiger charge is 2.31. The van der Waals surface area contributed by atoms with Gasteiger partial charge in [0.05, 0.1) is 0 Å². The van der Waals surface area contributed by atoms with Crippen molar-refractivity contribution in [2.24, 2.45) is 5.41 Å². The summed E-state index contributed by atoms with van der Waals surface area (Å²) >= 11 is 0. The number of likely N-dealkylation sites (tertiary alicyclic amines) is 1. The van der Waals surface area contributed by atoms with Crippen LogP contribution in [0.4, 0.5) is 0 Å². The number of aromatic nitrogens is 1. The van der Waals surface area contributed by atoms with Crippen molar-refractivity contribution in [2.45, 2.75) is 66.0 Å². The van der Waals surface area contributed by atoms with Gasteiger partial charge in [-0.3, -0.25) is 4.90 Å². The summed E-state index contributed by atoms with van der Waals surface area (Å²) in [5.41, 5.74) is 4.76. The van der Waals surface area contributed by atoms with Gasteiger partial charge in [-0.2, -0.15) is 0 Å². The van der Waals surface area contributed by atoms with Crippen molar-refractivity contribution < 1.29 is 0 Å². The molecule has 0 radical (unpaired) electrons. The third-order valence-corrected chi connectivity index (χ3v) is 6.22. The van der Waals surface area contributed by atoms with E-state index in [0.29, 0.717) is 5.41 Å². The maximum atomic E-state index is 3.98. The summed E-state index contributed by atoms with van der Waals surface area (Å²) in [7, 11) is 0. The molecular weight excluding hydrogens is 304 g/mol. The number of rotatable bonds is 7. The fourth-order valence-corrected chi connectivity index (χ4v) is 4.46. The number of fused-ring (bicyclic) bond motifs is 1. The number of nitrogens with zero attached hydrogens (tertiary/aromatic N) is 2. The fourth-order valence-electron chi connectivity index (χ4n) is 4.46. The van der Waals surface area contributed by atoms with E-state index in [4.69, 9.17) is 0 Å². The zero-order valence-electron chi connectivity index (χ0n) is 16.4. The molecule has 0 unspecified atom stereocenters. The Kier molecular flexibility index (Phi) is 5.68. The van der Waals surface area contributed by atoms with Gasteiger partial charge in [0.1, 0.15) is 0 Å². The molecule has 1 fully saturated rings. The molecule has 2 heterocycles. The van der Waals surface area contributed by atoms with Gasteiger partial charge in [-0.05, 0) is 68.3 Å².